The monoisotopic (exact) mass is 283 g/mol. The van der Waals surface area contributed by atoms with Gasteiger partial charge in [0.15, 0.2) is 0 Å². The van der Waals surface area contributed by atoms with E-state index in [9.17, 15) is 4.79 Å². The van der Waals surface area contributed by atoms with Crippen molar-refractivity contribution in [1.82, 2.24) is 15.6 Å². The van der Waals surface area contributed by atoms with Gasteiger partial charge in [0, 0.05) is 18.9 Å². The van der Waals surface area contributed by atoms with Crippen molar-refractivity contribution in [2.45, 2.75) is 32.4 Å². The Labute approximate surface area is 125 Å². The third kappa shape index (κ3) is 4.05. The van der Waals surface area contributed by atoms with E-state index in [0.29, 0.717) is 6.54 Å². The first-order valence-corrected chi connectivity index (χ1v) is 7.14. The van der Waals surface area contributed by atoms with Crippen LogP contribution >= 0.6 is 0 Å². The Morgan fingerprint density at radius 3 is 2.57 bits per heavy atom. The first-order chi connectivity index (χ1) is 10.1. The predicted molar refractivity (Wildman–Crippen MR) is 83.7 cm³/mol. The molecule has 0 saturated heterocycles. The van der Waals surface area contributed by atoms with E-state index in [1.165, 1.54) is 0 Å². The summed E-state index contributed by atoms with van der Waals surface area (Å²) in [6.45, 7) is 4.56. The fourth-order valence-electron chi connectivity index (χ4n) is 2.15. The molecule has 2 N–H and O–H groups in total. The first kappa shape index (κ1) is 15.0. The lowest BCUT2D eigenvalue weighted by molar-refractivity contribution is 0.225. The van der Waals surface area contributed by atoms with Gasteiger partial charge in [-0.3, -0.25) is 4.98 Å². The summed E-state index contributed by atoms with van der Waals surface area (Å²) in [7, 11) is 0. The molecule has 2 rings (SSSR count). The number of carbonyl (C=O) groups is 1. The van der Waals surface area contributed by atoms with Gasteiger partial charge in [-0.1, -0.05) is 43.3 Å². The zero-order valence-corrected chi connectivity index (χ0v) is 12.5. The maximum absolute atomic E-state index is 12.1. The van der Waals surface area contributed by atoms with E-state index in [1.807, 2.05) is 49.4 Å². The number of carbonyl (C=O) groups excluding carboxylic acids is 1. The molecule has 2 aromatic rings. The van der Waals surface area contributed by atoms with Crippen molar-refractivity contribution < 1.29 is 4.79 Å². The molecule has 0 aliphatic carbocycles. The fourth-order valence-corrected chi connectivity index (χ4v) is 2.15. The van der Waals surface area contributed by atoms with Gasteiger partial charge < -0.3 is 10.6 Å². The SMILES string of the molecule is CC[C@](C)(NC(=O)NCc1cccnc1)c1ccccc1. The van der Waals surface area contributed by atoms with Crippen LogP contribution in [0.2, 0.25) is 0 Å². The smallest absolute Gasteiger partial charge is 0.315 e. The number of benzene rings is 1. The average Bonchev–Trinajstić information content (AvgIpc) is 2.54. The minimum absolute atomic E-state index is 0.174. The van der Waals surface area contributed by atoms with Crippen molar-refractivity contribution in [2.24, 2.45) is 0 Å². The number of hydrogen-bond acceptors (Lipinski definition) is 2. The highest BCUT2D eigenvalue weighted by Gasteiger charge is 2.26. The van der Waals surface area contributed by atoms with Crippen LogP contribution in [0.25, 0.3) is 0 Å². The molecule has 0 aliphatic heterocycles. The molecular formula is C17H21N3O. The van der Waals surface area contributed by atoms with Crippen LogP contribution in [-0.2, 0) is 12.1 Å². The molecule has 0 saturated carbocycles. The van der Waals surface area contributed by atoms with Gasteiger partial charge in [0.2, 0.25) is 0 Å². The lowest BCUT2D eigenvalue weighted by Crippen LogP contribution is -2.47. The molecule has 21 heavy (non-hydrogen) atoms. The van der Waals surface area contributed by atoms with E-state index < -0.39 is 0 Å². The average molecular weight is 283 g/mol. The van der Waals surface area contributed by atoms with Gasteiger partial charge in [-0.15, -0.1) is 0 Å². The van der Waals surface area contributed by atoms with Gasteiger partial charge in [0.25, 0.3) is 0 Å². The molecule has 1 aromatic heterocycles. The number of amides is 2. The van der Waals surface area contributed by atoms with Crippen LogP contribution in [0.3, 0.4) is 0 Å². The van der Waals surface area contributed by atoms with Gasteiger partial charge in [0.1, 0.15) is 0 Å². The van der Waals surface area contributed by atoms with Crippen molar-refractivity contribution in [3.8, 4) is 0 Å². The van der Waals surface area contributed by atoms with Crippen molar-refractivity contribution in [3.63, 3.8) is 0 Å². The molecular weight excluding hydrogens is 262 g/mol. The molecule has 1 atom stereocenters. The Morgan fingerprint density at radius 1 is 1.19 bits per heavy atom. The maximum atomic E-state index is 12.1. The van der Waals surface area contributed by atoms with Crippen LogP contribution in [0.1, 0.15) is 31.4 Å². The normalized spacial score (nSPS) is 13.2. The van der Waals surface area contributed by atoms with Crippen LogP contribution in [0.15, 0.2) is 54.9 Å². The van der Waals surface area contributed by atoms with Gasteiger partial charge in [-0.25, -0.2) is 4.79 Å². The number of hydrogen-bond donors (Lipinski definition) is 2. The Morgan fingerprint density at radius 2 is 1.95 bits per heavy atom. The zero-order chi connectivity index (χ0) is 15.1. The van der Waals surface area contributed by atoms with E-state index in [4.69, 9.17) is 0 Å². The summed E-state index contributed by atoms with van der Waals surface area (Å²) >= 11 is 0. The lowest BCUT2D eigenvalue weighted by atomic mass is 9.89. The van der Waals surface area contributed by atoms with E-state index in [-0.39, 0.29) is 11.6 Å². The number of aromatic nitrogens is 1. The Bertz CT molecular complexity index is 571. The maximum Gasteiger partial charge on any atom is 0.315 e. The molecule has 0 unspecified atom stereocenters. The highest BCUT2D eigenvalue weighted by molar-refractivity contribution is 5.75. The summed E-state index contributed by atoms with van der Waals surface area (Å²) in [4.78, 5) is 16.2. The number of nitrogens with zero attached hydrogens (tertiary/aromatic N) is 1. The summed E-state index contributed by atoms with van der Waals surface area (Å²) in [5.41, 5.74) is 1.70. The van der Waals surface area contributed by atoms with Gasteiger partial charge in [-0.05, 0) is 30.5 Å². The number of nitrogens with one attached hydrogen (secondary N) is 2. The second-order valence-electron chi connectivity index (χ2n) is 5.22. The Hall–Kier alpha value is -2.36. The van der Waals surface area contributed by atoms with Gasteiger partial charge in [-0.2, -0.15) is 0 Å². The molecule has 2 amide bonds. The van der Waals surface area contributed by atoms with E-state index >= 15 is 0 Å². The predicted octanol–water partition coefficient (Wildman–Crippen LogP) is 3.21. The molecule has 4 nitrogen and oxygen atoms in total. The fraction of sp³-hybridized carbons (Fsp3) is 0.294. The summed E-state index contributed by atoms with van der Waals surface area (Å²) in [6, 6.07) is 13.6. The van der Waals surface area contributed by atoms with Gasteiger partial charge in [0.05, 0.1) is 5.54 Å². The second-order valence-corrected chi connectivity index (χ2v) is 5.22. The quantitative estimate of drug-likeness (QED) is 0.885. The van der Waals surface area contributed by atoms with Crippen LogP contribution in [0.5, 0.6) is 0 Å². The third-order valence-corrected chi connectivity index (χ3v) is 3.68. The highest BCUT2D eigenvalue weighted by Crippen LogP contribution is 2.23. The largest absolute Gasteiger partial charge is 0.334 e. The summed E-state index contributed by atoms with van der Waals surface area (Å²) < 4.78 is 0. The Kier molecular flexibility index (Phi) is 4.93. The third-order valence-electron chi connectivity index (χ3n) is 3.68. The Balaban J connectivity index is 1.97. The molecule has 1 heterocycles. The number of urea groups is 1. The molecule has 0 fully saturated rings. The standard InChI is InChI=1S/C17H21N3O/c1-3-17(2,15-9-5-4-6-10-15)20-16(21)19-13-14-8-7-11-18-12-14/h4-12H,3,13H2,1-2H3,(H2,19,20,21)/t17-/m0/s1. The minimum atomic E-state index is -0.375. The van der Waals surface area contributed by atoms with Crippen molar-refractivity contribution in [1.29, 1.82) is 0 Å². The van der Waals surface area contributed by atoms with Crippen molar-refractivity contribution in [2.75, 3.05) is 0 Å². The van der Waals surface area contributed by atoms with E-state index in [2.05, 4.69) is 22.5 Å². The minimum Gasteiger partial charge on any atom is -0.334 e. The molecule has 4 heteroatoms. The van der Waals surface area contributed by atoms with E-state index in [1.54, 1.807) is 12.4 Å². The van der Waals surface area contributed by atoms with Crippen LogP contribution in [0, 0.1) is 0 Å². The molecule has 0 spiro atoms. The molecule has 1 aromatic carbocycles. The summed E-state index contributed by atoms with van der Waals surface area (Å²) in [5.74, 6) is 0. The zero-order valence-electron chi connectivity index (χ0n) is 12.5. The van der Waals surface area contributed by atoms with Crippen LogP contribution in [-0.4, -0.2) is 11.0 Å². The highest BCUT2D eigenvalue weighted by atomic mass is 16.2. The summed E-state index contributed by atoms with van der Waals surface area (Å²) in [6.07, 6.45) is 4.28. The summed E-state index contributed by atoms with van der Waals surface area (Å²) in [5, 5.41) is 5.93. The molecule has 0 aliphatic rings. The van der Waals surface area contributed by atoms with Crippen molar-refractivity contribution >= 4 is 6.03 Å². The number of rotatable bonds is 5. The first-order valence-electron chi connectivity index (χ1n) is 7.14. The molecule has 110 valence electrons. The topological polar surface area (TPSA) is 54.0 Å². The van der Waals surface area contributed by atoms with Crippen molar-refractivity contribution in [3.05, 3.63) is 66.0 Å². The van der Waals surface area contributed by atoms with Gasteiger partial charge >= 0.3 is 6.03 Å². The van der Waals surface area contributed by atoms with Crippen LogP contribution < -0.4 is 10.6 Å². The second kappa shape index (κ2) is 6.88. The molecule has 0 radical (unpaired) electrons. The lowest BCUT2D eigenvalue weighted by Gasteiger charge is -2.30. The van der Waals surface area contributed by atoms with E-state index in [0.717, 1.165) is 17.5 Å². The van der Waals surface area contributed by atoms with Crippen LogP contribution in [0.4, 0.5) is 4.79 Å². The molecule has 0 bridgehead atoms. The number of pyridine rings is 1.